The van der Waals surface area contributed by atoms with Crippen molar-refractivity contribution in [2.24, 2.45) is 5.10 Å². The molecule has 0 bridgehead atoms. The fourth-order valence-corrected chi connectivity index (χ4v) is 3.68. The van der Waals surface area contributed by atoms with Crippen molar-refractivity contribution in [3.05, 3.63) is 23.8 Å². The van der Waals surface area contributed by atoms with E-state index in [0.717, 1.165) is 5.56 Å². The summed E-state index contributed by atoms with van der Waals surface area (Å²) in [6.07, 6.45) is 0. The Labute approximate surface area is 122 Å². The van der Waals surface area contributed by atoms with Crippen LogP contribution in [0.5, 0.6) is 0 Å². The molecule has 0 atom stereocenters. The highest BCUT2D eigenvalue weighted by Gasteiger charge is 2.37. The minimum Gasteiger partial charge on any atom is -0.378 e. The molecule has 0 spiro atoms. The number of fused-ring (bicyclic) bond motifs is 1. The molecular formula is C13H15N3O4S. The lowest BCUT2D eigenvalue weighted by atomic mass is 10.2. The summed E-state index contributed by atoms with van der Waals surface area (Å²) in [5.74, 6) is -0.586. The van der Waals surface area contributed by atoms with E-state index in [1.54, 1.807) is 12.1 Å². The molecule has 0 radical (unpaired) electrons. The number of anilines is 1. The number of carbonyl (C=O) groups excluding carboxylic acids is 1. The first-order valence-corrected chi connectivity index (χ1v) is 8.05. The largest absolute Gasteiger partial charge is 0.378 e. The molecule has 3 rings (SSSR count). The summed E-state index contributed by atoms with van der Waals surface area (Å²) in [6.45, 7) is 3.40. The topological polar surface area (TPSA) is 88.1 Å². The third-order valence-electron chi connectivity index (χ3n) is 3.44. The number of nitrogens with zero attached hydrogens (tertiary/aromatic N) is 2. The maximum absolute atomic E-state index is 12.6. The second-order valence-corrected chi connectivity index (χ2v) is 6.77. The van der Waals surface area contributed by atoms with Gasteiger partial charge in [-0.2, -0.15) is 5.10 Å². The smallest absolute Gasteiger partial charge is 0.286 e. The van der Waals surface area contributed by atoms with Crippen LogP contribution < -0.4 is 5.43 Å². The summed E-state index contributed by atoms with van der Waals surface area (Å²) in [4.78, 5) is 13.9. The van der Waals surface area contributed by atoms with Crippen LogP contribution in [0.25, 0.3) is 0 Å². The monoisotopic (exact) mass is 309 g/mol. The molecule has 0 aromatic heterocycles. The zero-order valence-electron chi connectivity index (χ0n) is 11.5. The molecule has 8 heteroatoms. The van der Waals surface area contributed by atoms with Crippen molar-refractivity contribution >= 4 is 26.5 Å². The molecule has 2 heterocycles. The number of benzene rings is 1. The summed E-state index contributed by atoms with van der Waals surface area (Å²) in [5, 5.41) is 3.33. The normalized spacial score (nSPS) is 20.2. The van der Waals surface area contributed by atoms with Gasteiger partial charge in [-0.3, -0.25) is 10.2 Å². The molecule has 1 fully saturated rings. The zero-order chi connectivity index (χ0) is 15.0. The lowest BCUT2D eigenvalue weighted by Crippen LogP contribution is -2.46. The highest BCUT2D eigenvalue weighted by atomic mass is 32.2. The van der Waals surface area contributed by atoms with E-state index < -0.39 is 20.8 Å². The number of aryl methyl sites for hydroxylation is 1. The van der Waals surface area contributed by atoms with Crippen molar-refractivity contribution < 1.29 is 17.9 Å². The van der Waals surface area contributed by atoms with E-state index in [-0.39, 0.29) is 4.90 Å². The van der Waals surface area contributed by atoms with Crippen LogP contribution >= 0.6 is 0 Å². The van der Waals surface area contributed by atoms with Gasteiger partial charge in [-0.25, -0.2) is 8.42 Å². The van der Waals surface area contributed by atoms with Crippen LogP contribution in [0, 0.1) is 6.92 Å². The number of amides is 1. The minimum absolute atomic E-state index is 0.0831. The summed E-state index contributed by atoms with van der Waals surface area (Å²) in [6, 6.07) is 4.88. The molecule has 7 nitrogen and oxygen atoms in total. The quantitative estimate of drug-likeness (QED) is 0.809. The predicted octanol–water partition coefficient (Wildman–Crippen LogP) is 0.367. The Morgan fingerprint density at radius 3 is 2.76 bits per heavy atom. The first kappa shape index (κ1) is 14.0. The molecule has 1 saturated heterocycles. The van der Waals surface area contributed by atoms with Crippen molar-refractivity contribution in [1.82, 2.24) is 4.90 Å². The van der Waals surface area contributed by atoms with Gasteiger partial charge in [-0.1, -0.05) is 6.07 Å². The number of hydrogen-bond acceptors (Lipinski definition) is 6. The molecule has 1 amide bonds. The average molecular weight is 309 g/mol. The van der Waals surface area contributed by atoms with Gasteiger partial charge in [0.05, 0.1) is 23.8 Å². The minimum atomic E-state index is -3.89. The van der Waals surface area contributed by atoms with Gasteiger partial charge in [0, 0.05) is 13.1 Å². The van der Waals surface area contributed by atoms with Gasteiger partial charge in [-0.05, 0) is 24.6 Å². The molecule has 0 aliphatic carbocycles. The van der Waals surface area contributed by atoms with Crippen molar-refractivity contribution in [1.29, 1.82) is 0 Å². The number of ether oxygens (including phenoxy) is 1. The third-order valence-corrected chi connectivity index (χ3v) is 5.15. The van der Waals surface area contributed by atoms with Gasteiger partial charge in [0.25, 0.3) is 5.91 Å². The van der Waals surface area contributed by atoms with Gasteiger partial charge in [0.1, 0.15) is 0 Å². The highest BCUT2D eigenvalue weighted by molar-refractivity contribution is 8.08. The number of morpholine rings is 1. The Hall–Kier alpha value is -1.93. The van der Waals surface area contributed by atoms with Crippen LogP contribution in [0.4, 0.5) is 5.69 Å². The average Bonchev–Trinajstić information content (AvgIpc) is 2.47. The van der Waals surface area contributed by atoms with E-state index in [9.17, 15) is 13.2 Å². The molecule has 1 aromatic carbocycles. The first-order chi connectivity index (χ1) is 10.00. The molecular weight excluding hydrogens is 294 g/mol. The predicted molar refractivity (Wildman–Crippen MR) is 76.8 cm³/mol. The van der Waals surface area contributed by atoms with Crippen LogP contribution in [0.2, 0.25) is 0 Å². The Balaban J connectivity index is 1.96. The molecule has 0 saturated carbocycles. The molecule has 2 aliphatic heterocycles. The van der Waals surface area contributed by atoms with Crippen molar-refractivity contribution in [2.75, 3.05) is 31.7 Å². The van der Waals surface area contributed by atoms with Crippen molar-refractivity contribution in [3.63, 3.8) is 0 Å². The van der Waals surface area contributed by atoms with Crippen LogP contribution in [0.3, 0.4) is 0 Å². The second-order valence-electron chi connectivity index (χ2n) is 4.94. The Kier molecular flexibility index (Phi) is 3.42. The Morgan fingerprint density at radius 1 is 1.33 bits per heavy atom. The fraction of sp³-hybridized carbons (Fsp3) is 0.385. The maximum Gasteiger partial charge on any atom is 0.286 e. The van der Waals surface area contributed by atoms with E-state index in [0.29, 0.717) is 32.0 Å². The third kappa shape index (κ3) is 2.40. The van der Waals surface area contributed by atoms with Gasteiger partial charge in [0.2, 0.25) is 14.9 Å². The number of nitrogens with one attached hydrogen (secondary N) is 1. The van der Waals surface area contributed by atoms with E-state index in [4.69, 9.17) is 4.74 Å². The van der Waals surface area contributed by atoms with E-state index in [2.05, 4.69) is 10.5 Å². The Bertz CT molecular complexity index is 721. The molecule has 21 heavy (non-hydrogen) atoms. The zero-order valence-corrected chi connectivity index (χ0v) is 12.3. The number of hydrazone groups is 1. The highest BCUT2D eigenvalue weighted by Crippen LogP contribution is 2.28. The van der Waals surface area contributed by atoms with Crippen LogP contribution in [0.15, 0.2) is 28.2 Å². The molecule has 112 valence electrons. The number of carbonyl (C=O) groups is 1. The van der Waals surface area contributed by atoms with Crippen molar-refractivity contribution in [2.45, 2.75) is 11.8 Å². The van der Waals surface area contributed by atoms with Gasteiger partial charge < -0.3 is 9.64 Å². The van der Waals surface area contributed by atoms with E-state index >= 15 is 0 Å². The number of sulfone groups is 1. The fourth-order valence-electron chi connectivity index (χ4n) is 2.31. The van der Waals surface area contributed by atoms with E-state index in [1.807, 2.05) is 6.92 Å². The Morgan fingerprint density at radius 2 is 2.05 bits per heavy atom. The number of rotatable bonds is 1. The van der Waals surface area contributed by atoms with Crippen LogP contribution in [0.1, 0.15) is 5.56 Å². The molecule has 0 unspecified atom stereocenters. The van der Waals surface area contributed by atoms with E-state index in [1.165, 1.54) is 11.0 Å². The van der Waals surface area contributed by atoms with Gasteiger partial charge in [-0.15, -0.1) is 0 Å². The lowest BCUT2D eigenvalue weighted by Gasteiger charge is -2.28. The van der Waals surface area contributed by atoms with Crippen LogP contribution in [-0.2, 0) is 19.4 Å². The van der Waals surface area contributed by atoms with Gasteiger partial charge >= 0.3 is 0 Å². The standard InChI is InChI=1S/C13H15N3O4S/c1-9-2-3-11-10(8-9)14-15-12(21(11,18)19)13(17)16-4-6-20-7-5-16/h2-3,8,14H,4-7H2,1H3. The summed E-state index contributed by atoms with van der Waals surface area (Å²) in [5.41, 5.74) is 3.97. The van der Waals surface area contributed by atoms with Crippen LogP contribution in [-0.4, -0.2) is 50.6 Å². The lowest BCUT2D eigenvalue weighted by molar-refractivity contribution is -0.127. The first-order valence-electron chi connectivity index (χ1n) is 6.56. The number of hydrogen-bond donors (Lipinski definition) is 1. The van der Waals surface area contributed by atoms with Gasteiger partial charge in [0.15, 0.2) is 0 Å². The molecule has 2 aliphatic rings. The maximum atomic E-state index is 12.6. The SMILES string of the molecule is Cc1ccc2c(c1)NN=C(C(=O)N1CCOCC1)S2(=O)=O. The summed E-state index contributed by atoms with van der Waals surface area (Å²) >= 11 is 0. The summed E-state index contributed by atoms with van der Waals surface area (Å²) < 4.78 is 30.3. The van der Waals surface area contributed by atoms with Crippen molar-refractivity contribution in [3.8, 4) is 0 Å². The second kappa shape index (κ2) is 5.12. The summed E-state index contributed by atoms with van der Waals surface area (Å²) in [7, 11) is -3.89. The molecule has 1 N–H and O–H groups in total. The molecule has 1 aromatic rings.